The normalized spacial score (nSPS) is 10.9. The van der Waals surface area contributed by atoms with Crippen LogP contribution in [-0.4, -0.2) is 142 Å². The van der Waals surface area contributed by atoms with E-state index in [1.807, 2.05) is 138 Å². The van der Waals surface area contributed by atoms with E-state index in [1.54, 1.807) is 81.9 Å². The Morgan fingerprint density at radius 2 is 0.574 bits per heavy atom. The molecule has 0 aliphatic heterocycles. The number of thiazole rings is 5. The third-order valence-electron chi connectivity index (χ3n) is 25.3. The average Bonchev–Trinajstić information content (AvgIpc) is 1.67. The van der Waals surface area contributed by atoms with Gasteiger partial charge in [0.1, 0.15) is 30.0 Å². The van der Waals surface area contributed by atoms with Crippen molar-refractivity contribution in [2.75, 3.05) is 105 Å². The second kappa shape index (κ2) is 49.9. The zero-order chi connectivity index (χ0) is 104. The van der Waals surface area contributed by atoms with E-state index in [2.05, 4.69) is 363 Å². The number of aromatic nitrogens is 17. The van der Waals surface area contributed by atoms with E-state index in [9.17, 15) is 0 Å². The minimum Gasteiger partial charge on any atom is -0.494 e. The van der Waals surface area contributed by atoms with Crippen LogP contribution in [0.1, 0.15) is 126 Å². The van der Waals surface area contributed by atoms with Crippen molar-refractivity contribution in [3.63, 3.8) is 0 Å². The van der Waals surface area contributed by atoms with Gasteiger partial charge in [0.2, 0.25) is 0 Å². The molecule has 20 rings (SSSR count). The number of imidazole rings is 5. The van der Waals surface area contributed by atoms with Crippen LogP contribution in [0, 0.1) is 69.2 Å². The molecule has 0 saturated carbocycles. The quantitative estimate of drug-likeness (QED) is 0.0251. The van der Waals surface area contributed by atoms with Gasteiger partial charge in [0, 0.05) is 232 Å². The van der Waals surface area contributed by atoms with Gasteiger partial charge in [-0.2, -0.15) is 0 Å². The van der Waals surface area contributed by atoms with Gasteiger partial charge in [-0.25, -0.2) is 59.8 Å². The van der Waals surface area contributed by atoms with Gasteiger partial charge in [0.25, 0.3) is 0 Å². The number of hydrogen-bond donors (Lipinski definition) is 5. The largest absolute Gasteiger partial charge is 0.494 e. The molecule has 8 aromatic carbocycles. The Bertz CT molecular complexity index is 7510. The van der Waals surface area contributed by atoms with E-state index in [0.29, 0.717) is 6.61 Å². The molecule has 27 nitrogen and oxygen atoms in total. The fraction of sp³-hybridized carbons (Fsp3) is 0.241. The molecule has 0 fully saturated rings. The van der Waals surface area contributed by atoms with Crippen molar-refractivity contribution in [3.8, 4) is 90.7 Å². The molecule has 0 spiro atoms. The van der Waals surface area contributed by atoms with Gasteiger partial charge in [0.15, 0.2) is 25.7 Å². The van der Waals surface area contributed by atoms with Crippen LogP contribution in [0.15, 0.2) is 290 Å². The van der Waals surface area contributed by atoms with Crippen LogP contribution in [0.5, 0.6) is 5.75 Å². The Hall–Kier alpha value is -15.7. The monoisotopic (exact) mass is 2070 g/mol. The molecule has 0 bridgehead atoms. The summed E-state index contributed by atoms with van der Waals surface area (Å²) >= 11 is 8.05. The van der Waals surface area contributed by atoms with Gasteiger partial charge in [-0.15, -0.1) is 56.7 Å². The smallest absolute Gasteiger partial charge is 0.187 e. The molecule has 0 radical (unpaired) electrons. The molecule has 768 valence electrons. The predicted octanol–water partition coefficient (Wildman–Crippen LogP) is 30.6. The lowest BCUT2D eigenvalue weighted by Crippen LogP contribution is -2.21. The number of nitrogens with zero attached hydrogens (tertiary/aromatic N) is 21. The summed E-state index contributed by atoms with van der Waals surface area (Å²) in [5.41, 5.74) is 34.7. The molecule has 12 heterocycles. The van der Waals surface area contributed by atoms with Crippen LogP contribution in [0.2, 0.25) is 0 Å². The highest BCUT2D eigenvalue weighted by Gasteiger charge is 2.19. The summed E-state index contributed by atoms with van der Waals surface area (Å²) in [4.78, 5) is 63.6. The highest BCUT2D eigenvalue weighted by molar-refractivity contribution is 7.15. The fourth-order valence-corrected chi connectivity index (χ4v) is 20.4. The molecule has 5 N–H and O–H groups in total. The highest BCUT2D eigenvalue weighted by atomic mass is 32.1. The Kier molecular flexibility index (Phi) is 35.4. The highest BCUT2D eigenvalue weighted by Crippen LogP contribution is 2.39. The number of rotatable bonds is 34. The van der Waals surface area contributed by atoms with Crippen molar-refractivity contribution in [2.45, 2.75) is 132 Å². The first-order valence-electron chi connectivity index (χ1n) is 50.0. The number of pyridine rings is 2. The first-order chi connectivity index (χ1) is 71.9. The van der Waals surface area contributed by atoms with Crippen molar-refractivity contribution >= 4 is 134 Å². The van der Waals surface area contributed by atoms with E-state index in [-0.39, 0.29) is 7.13 Å². The molecule has 148 heavy (non-hydrogen) atoms. The van der Waals surface area contributed by atoms with Gasteiger partial charge in [-0.3, -0.25) is 9.13 Å². The fourth-order valence-electron chi connectivity index (χ4n) is 16.7. The molecule has 0 unspecified atom stereocenters. The van der Waals surface area contributed by atoms with Crippen molar-refractivity contribution in [1.82, 2.24) is 82.6 Å². The number of nitrogens with one attached hydrogen (secondary N) is 5. The Labute approximate surface area is 895 Å². The van der Waals surface area contributed by atoms with Gasteiger partial charge in [-0.1, -0.05) is 54.6 Å². The van der Waals surface area contributed by atoms with E-state index in [0.717, 1.165) is 231 Å². The lowest BCUT2D eigenvalue weighted by atomic mass is 10.1. The zero-order valence-corrected chi connectivity index (χ0v) is 91.5. The lowest BCUT2D eigenvalue weighted by Gasteiger charge is -2.22. The predicted molar refractivity (Wildman–Crippen MR) is 631 cm³/mol. The van der Waals surface area contributed by atoms with Gasteiger partial charge >= 0.3 is 0 Å². The third-order valence-corrected chi connectivity index (χ3v) is 29.1. The lowest BCUT2D eigenvalue weighted by molar-refractivity contribution is 0.337. The molecular formula is C116H138N26OS5. The standard InChI is InChI=1S/C24H27N5S.2C23H26N6S.C23H25N5S.C23H24N4OS.5H2/c1-5-28(6-2)21-10-7-17(3)22(13-21)26-24-27-23(15-30-24)19-8-11-20(12-9-19)29-14-18(4)25-16-29;1-5-28(6-2)19-8-9-20(16(3)11-19)26-23-27-21(14-30-23)18-7-10-22(24-12-18)29-13-17(4)25-15-29;1-5-28(6-2)19-9-7-16(3)20(11-19)26-23-27-21(14-30-23)18-8-10-22(24-12-18)29-13-17(4)25-15-29;1-4-27(5-2)20-9-6-17(3)21(14-20)25-23-26-22(15-29-23)18-7-10-19(11-8-18)28-13-12-24-16-28;1-5-28-22-11-15(2)20(10-16(22)3)25-23-26-21(13-29-23)18-6-8-19(9-7-18)27-12-17(4)24-14-27;;;;;/h7-16H,5-6H2,1-4H3,(H,26,27);2*7-15H,5-6H2,1-4H3,(H,26,27);6-16H,4-5H2,1-3H3,(H,25,26);6-14H,5H2,1-4H3,(H,25,26);5*1H. The first kappa shape index (κ1) is 105. The van der Waals surface area contributed by atoms with Crippen LogP contribution >= 0.6 is 56.7 Å². The summed E-state index contributed by atoms with van der Waals surface area (Å²) in [7, 11) is 0. The van der Waals surface area contributed by atoms with E-state index in [1.165, 1.54) is 45.0 Å². The molecule has 0 aliphatic rings. The second-order valence-corrected chi connectivity index (χ2v) is 39.8. The van der Waals surface area contributed by atoms with Crippen LogP contribution < -0.4 is 50.9 Å². The number of anilines is 14. The number of ether oxygens (including phenoxy) is 1. The molecule has 0 atom stereocenters. The van der Waals surface area contributed by atoms with E-state index >= 15 is 0 Å². The maximum atomic E-state index is 5.68. The Balaban J connectivity index is 0.000000179. The minimum atomic E-state index is 0. The SMILES string of the molecule is CCN(CC)c1ccc(C)c(Nc2nc(-c3ccc(-n4ccnc4)cc3)cs2)c1.CCN(CC)c1ccc(C)c(Nc2nc(-c3ccc(-n4cnc(C)c4)cc3)cs2)c1.CCN(CC)c1ccc(C)c(Nc2nc(-c3ccc(-n4cnc(C)c4)nc3)cs2)c1.CCN(CC)c1ccc(Nc2nc(-c3ccc(-n4cnc(C)c4)nc3)cs2)c(C)c1.CCOc1cc(C)c(Nc2nc(-c3ccc(-n4cnc(C)c4)cc3)cs2)cc1C.[HH].[HH].[HH].[HH].[HH]. The summed E-state index contributed by atoms with van der Waals surface area (Å²) in [6.45, 7) is 48.6. The summed E-state index contributed by atoms with van der Waals surface area (Å²) < 4.78 is 15.5. The van der Waals surface area contributed by atoms with Crippen LogP contribution in [0.3, 0.4) is 0 Å². The van der Waals surface area contributed by atoms with Crippen LogP contribution in [0.25, 0.3) is 85.0 Å². The molecule has 32 heteroatoms. The summed E-state index contributed by atoms with van der Waals surface area (Å²) in [5, 5.41) is 32.2. The topological polar surface area (TPSA) is 262 Å². The molecule has 0 amide bonds. The maximum absolute atomic E-state index is 5.68. The van der Waals surface area contributed by atoms with Crippen LogP contribution in [-0.2, 0) is 0 Å². The molecule has 20 aromatic rings. The van der Waals surface area contributed by atoms with Gasteiger partial charge in [-0.05, 0) is 292 Å². The number of aryl methyl sites for hydroxylation is 10. The second-order valence-electron chi connectivity index (χ2n) is 35.5. The molecular weight excluding hydrogens is 1930 g/mol. The van der Waals surface area contributed by atoms with E-state index in [4.69, 9.17) is 29.7 Å². The zero-order valence-electron chi connectivity index (χ0n) is 87.4. The maximum Gasteiger partial charge on any atom is 0.187 e. The Morgan fingerprint density at radius 3 is 0.872 bits per heavy atom. The third kappa shape index (κ3) is 26.7. The summed E-state index contributed by atoms with van der Waals surface area (Å²) in [6.07, 6.45) is 24.4. The number of hydrogen-bond acceptors (Lipinski definition) is 27. The van der Waals surface area contributed by atoms with Crippen molar-refractivity contribution in [1.29, 1.82) is 0 Å². The van der Waals surface area contributed by atoms with Crippen LogP contribution in [0.4, 0.5) is 76.8 Å². The van der Waals surface area contributed by atoms with Crippen molar-refractivity contribution in [3.05, 3.63) is 346 Å². The van der Waals surface area contributed by atoms with Crippen molar-refractivity contribution in [2.24, 2.45) is 0 Å². The summed E-state index contributed by atoms with van der Waals surface area (Å²) in [5.74, 6) is 2.62. The molecule has 0 aliphatic carbocycles. The van der Waals surface area contributed by atoms with E-state index < -0.39 is 0 Å². The molecule has 12 aromatic heterocycles. The Morgan fingerprint density at radius 1 is 0.277 bits per heavy atom. The minimum absolute atomic E-state index is 0. The number of benzene rings is 8. The van der Waals surface area contributed by atoms with Crippen molar-refractivity contribution < 1.29 is 11.9 Å². The molecule has 0 saturated heterocycles. The first-order valence-corrected chi connectivity index (χ1v) is 54.4. The average molecular weight is 2070 g/mol. The van der Waals surface area contributed by atoms with Gasteiger partial charge < -0.3 is 64.6 Å². The summed E-state index contributed by atoms with van der Waals surface area (Å²) in [6, 6.07) is 63.6. The van der Waals surface area contributed by atoms with Gasteiger partial charge in [0.05, 0.1) is 76.8 Å².